The number of ether oxygens (including phenoxy) is 1. The monoisotopic (exact) mass is 347 g/mol. The molecule has 0 unspecified atom stereocenters. The second-order valence-electron chi connectivity index (χ2n) is 4.93. The molecular weight excluding hydrogens is 334 g/mol. The Morgan fingerprint density at radius 2 is 1.88 bits per heavy atom. The number of benzene rings is 2. The maximum Gasteiger partial charge on any atom is 0.341 e. The Labute approximate surface area is 137 Å². The van der Waals surface area contributed by atoms with Gasteiger partial charge in [-0.1, -0.05) is 0 Å². The summed E-state index contributed by atoms with van der Waals surface area (Å²) in [5.41, 5.74) is 0.955. The molecule has 3 rings (SSSR count). The third-order valence-corrected chi connectivity index (χ3v) is 4.60. The molecule has 0 fully saturated rings. The van der Waals surface area contributed by atoms with E-state index in [9.17, 15) is 13.2 Å². The fourth-order valence-electron chi connectivity index (χ4n) is 2.09. The summed E-state index contributed by atoms with van der Waals surface area (Å²) < 4.78 is 37.4. The number of sulfonamides is 1. The molecule has 0 spiro atoms. The Kier molecular flexibility index (Phi) is 4.13. The number of rotatable bonds is 6. The molecule has 0 aliphatic heterocycles. The first-order valence-electron chi connectivity index (χ1n) is 6.89. The molecule has 0 radical (unpaired) electrons. The third-order valence-electron chi connectivity index (χ3n) is 3.20. The van der Waals surface area contributed by atoms with Crippen molar-refractivity contribution in [2.75, 3.05) is 11.3 Å². The highest BCUT2D eigenvalue weighted by Crippen LogP contribution is 2.23. The van der Waals surface area contributed by atoms with Crippen LogP contribution in [0.15, 0.2) is 64.1 Å². The fourth-order valence-corrected chi connectivity index (χ4v) is 3.14. The first-order valence-corrected chi connectivity index (χ1v) is 8.37. The molecule has 3 aromatic rings. The second kappa shape index (κ2) is 6.25. The van der Waals surface area contributed by atoms with Crippen molar-refractivity contribution in [2.45, 2.75) is 4.90 Å². The average molecular weight is 347 g/mol. The van der Waals surface area contributed by atoms with E-state index in [1.54, 1.807) is 24.3 Å². The van der Waals surface area contributed by atoms with Gasteiger partial charge in [-0.05, 0) is 42.5 Å². The summed E-state index contributed by atoms with van der Waals surface area (Å²) in [6, 6.07) is 12.2. The van der Waals surface area contributed by atoms with E-state index in [1.807, 2.05) is 0 Å². The Balaban J connectivity index is 1.78. The summed E-state index contributed by atoms with van der Waals surface area (Å²) in [6.07, 6.45) is 1.53. The number of hydrogen-bond donors (Lipinski definition) is 2. The van der Waals surface area contributed by atoms with Gasteiger partial charge in [-0.15, -0.1) is 0 Å². The van der Waals surface area contributed by atoms with Crippen molar-refractivity contribution in [3.63, 3.8) is 0 Å². The van der Waals surface area contributed by atoms with Crippen LogP contribution in [0.2, 0.25) is 0 Å². The number of carboxylic acid groups (broad SMARTS) is 1. The van der Waals surface area contributed by atoms with Gasteiger partial charge in [0, 0.05) is 11.5 Å². The highest BCUT2D eigenvalue weighted by Gasteiger charge is 2.15. The third kappa shape index (κ3) is 3.49. The van der Waals surface area contributed by atoms with Crippen LogP contribution in [0.5, 0.6) is 5.75 Å². The predicted molar refractivity (Wildman–Crippen MR) is 86.6 cm³/mol. The van der Waals surface area contributed by atoms with E-state index in [0.717, 1.165) is 5.39 Å². The van der Waals surface area contributed by atoms with Gasteiger partial charge in [0.2, 0.25) is 0 Å². The predicted octanol–water partition coefficient (Wildman–Crippen LogP) is 2.70. The zero-order chi connectivity index (χ0) is 17.2. The standard InChI is InChI=1S/C16H13NO6S/c18-16(19)10-23-13-3-5-14(6-4-13)24(20,21)17-12-2-1-11-7-8-22-15(11)9-12/h1-9,17H,10H2,(H,18,19). The van der Waals surface area contributed by atoms with Crippen molar-refractivity contribution < 1.29 is 27.5 Å². The summed E-state index contributed by atoms with van der Waals surface area (Å²) in [5, 5.41) is 9.42. The molecule has 0 bridgehead atoms. The minimum absolute atomic E-state index is 0.0321. The first kappa shape index (κ1) is 15.9. The van der Waals surface area contributed by atoms with Gasteiger partial charge in [0.05, 0.1) is 16.8 Å². The van der Waals surface area contributed by atoms with Crippen LogP contribution < -0.4 is 9.46 Å². The van der Waals surface area contributed by atoms with Crippen LogP contribution in [-0.4, -0.2) is 26.1 Å². The highest BCUT2D eigenvalue weighted by molar-refractivity contribution is 7.92. The normalized spacial score (nSPS) is 11.3. The molecule has 0 amide bonds. The van der Waals surface area contributed by atoms with E-state index in [-0.39, 0.29) is 10.6 Å². The van der Waals surface area contributed by atoms with Gasteiger partial charge in [0.1, 0.15) is 11.3 Å². The summed E-state index contributed by atoms with van der Waals surface area (Å²) >= 11 is 0. The number of furan rings is 1. The average Bonchev–Trinajstić information content (AvgIpc) is 3.00. The molecule has 7 nitrogen and oxygen atoms in total. The number of carbonyl (C=O) groups is 1. The maximum atomic E-state index is 12.4. The van der Waals surface area contributed by atoms with Crippen molar-refractivity contribution in [1.82, 2.24) is 0 Å². The van der Waals surface area contributed by atoms with Crippen molar-refractivity contribution in [1.29, 1.82) is 0 Å². The number of fused-ring (bicyclic) bond motifs is 1. The summed E-state index contributed by atoms with van der Waals surface area (Å²) in [7, 11) is -3.78. The zero-order valence-corrected chi connectivity index (χ0v) is 13.1. The molecule has 8 heteroatoms. The Morgan fingerprint density at radius 3 is 2.58 bits per heavy atom. The smallest absolute Gasteiger partial charge is 0.341 e. The summed E-state index contributed by atoms with van der Waals surface area (Å²) in [5.74, 6) is -0.838. The lowest BCUT2D eigenvalue weighted by Gasteiger charge is -2.09. The fraction of sp³-hybridized carbons (Fsp3) is 0.0625. The molecule has 2 N–H and O–H groups in total. The van der Waals surface area contributed by atoms with E-state index in [4.69, 9.17) is 14.3 Å². The minimum Gasteiger partial charge on any atom is -0.482 e. The lowest BCUT2D eigenvalue weighted by atomic mass is 10.2. The minimum atomic E-state index is -3.78. The topological polar surface area (TPSA) is 106 Å². The number of anilines is 1. The number of nitrogens with one attached hydrogen (secondary N) is 1. The second-order valence-corrected chi connectivity index (χ2v) is 6.61. The van der Waals surface area contributed by atoms with Crippen LogP contribution in [0.25, 0.3) is 11.0 Å². The van der Waals surface area contributed by atoms with Crippen molar-refractivity contribution in [2.24, 2.45) is 0 Å². The summed E-state index contributed by atoms with van der Waals surface area (Å²) in [6.45, 7) is -0.493. The van der Waals surface area contributed by atoms with Crippen LogP contribution >= 0.6 is 0 Å². The maximum absolute atomic E-state index is 12.4. The number of carboxylic acids is 1. The largest absolute Gasteiger partial charge is 0.482 e. The molecule has 1 heterocycles. The van der Waals surface area contributed by atoms with E-state index >= 15 is 0 Å². The van der Waals surface area contributed by atoms with Crippen LogP contribution in [0, 0.1) is 0 Å². The van der Waals surface area contributed by atoms with Gasteiger partial charge in [0.15, 0.2) is 6.61 Å². The van der Waals surface area contributed by atoms with Gasteiger partial charge in [0.25, 0.3) is 10.0 Å². The van der Waals surface area contributed by atoms with E-state index in [1.165, 1.54) is 30.5 Å². The van der Waals surface area contributed by atoms with Gasteiger partial charge >= 0.3 is 5.97 Å². The van der Waals surface area contributed by atoms with Crippen molar-refractivity contribution in [3.8, 4) is 5.75 Å². The lowest BCUT2D eigenvalue weighted by Crippen LogP contribution is -2.13. The van der Waals surface area contributed by atoms with E-state index in [0.29, 0.717) is 11.3 Å². The SMILES string of the molecule is O=C(O)COc1ccc(S(=O)(=O)Nc2ccc3ccoc3c2)cc1. The quantitative estimate of drug-likeness (QED) is 0.710. The van der Waals surface area contributed by atoms with E-state index in [2.05, 4.69) is 4.72 Å². The molecule has 0 aliphatic carbocycles. The Morgan fingerprint density at radius 1 is 1.12 bits per heavy atom. The van der Waals surface area contributed by atoms with Crippen molar-refractivity contribution in [3.05, 3.63) is 54.8 Å². The molecule has 0 saturated heterocycles. The molecule has 1 aromatic heterocycles. The Hall–Kier alpha value is -3.00. The highest BCUT2D eigenvalue weighted by atomic mass is 32.2. The first-order chi connectivity index (χ1) is 11.4. The van der Waals surface area contributed by atoms with Crippen molar-refractivity contribution >= 4 is 32.6 Å². The molecule has 0 aliphatic rings. The Bertz CT molecular complexity index is 975. The van der Waals surface area contributed by atoms with Crippen LogP contribution in [0.1, 0.15) is 0 Å². The zero-order valence-electron chi connectivity index (χ0n) is 12.3. The molecule has 0 atom stereocenters. The van der Waals surface area contributed by atoms with Gasteiger partial charge in [-0.3, -0.25) is 4.72 Å². The molecule has 2 aromatic carbocycles. The van der Waals surface area contributed by atoms with Gasteiger partial charge in [-0.2, -0.15) is 0 Å². The van der Waals surface area contributed by atoms with Crippen LogP contribution in [0.4, 0.5) is 5.69 Å². The summed E-state index contributed by atoms with van der Waals surface area (Å²) in [4.78, 5) is 10.5. The van der Waals surface area contributed by atoms with Gasteiger partial charge in [-0.25, -0.2) is 13.2 Å². The number of hydrogen-bond acceptors (Lipinski definition) is 5. The molecular formula is C16H13NO6S. The lowest BCUT2D eigenvalue weighted by molar-refractivity contribution is -0.139. The van der Waals surface area contributed by atoms with Crippen LogP contribution in [-0.2, 0) is 14.8 Å². The van der Waals surface area contributed by atoms with E-state index < -0.39 is 22.6 Å². The molecule has 0 saturated carbocycles. The van der Waals surface area contributed by atoms with Gasteiger partial charge < -0.3 is 14.3 Å². The molecule has 124 valence electrons. The molecule has 24 heavy (non-hydrogen) atoms. The van der Waals surface area contributed by atoms with Crippen LogP contribution in [0.3, 0.4) is 0 Å². The number of aliphatic carboxylic acids is 1.